The van der Waals surface area contributed by atoms with Gasteiger partial charge in [0, 0.05) is 26.7 Å². The van der Waals surface area contributed by atoms with Crippen LogP contribution in [0.25, 0.3) is 0 Å². The van der Waals surface area contributed by atoms with Crippen LogP contribution in [0.4, 0.5) is 0 Å². The van der Waals surface area contributed by atoms with Gasteiger partial charge in [-0.25, -0.2) is 0 Å². The van der Waals surface area contributed by atoms with Gasteiger partial charge < -0.3 is 9.64 Å². The summed E-state index contributed by atoms with van der Waals surface area (Å²) in [4.78, 5) is 2.49. The van der Waals surface area contributed by atoms with Crippen molar-refractivity contribution < 1.29 is 4.74 Å². The van der Waals surface area contributed by atoms with E-state index in [9.17, 15) is 0 Å². The van der Waals surface area contributed by atoms with Gasteiger partial charge in [-0.3, -0.25) is 0 Å². The highest BCUT2D eigenvalue weighted by Crippen LogP contribution is 2.24. The first-order valence-corrected chi connectivity index (χ1v) is 4.83. The molecule has 0 amide bonds. The molecule has 1 rings (SSSR count). The van der Waals surface area contributed by atoms with Crippen molar-refractivity contribution in [3.8, 4) is 0 Å². The minimum atomic E-state index is 0.120. The van der Waals surface area contributed by atoms with Crippen LogP contribution in [0.5, 0.6) is 0 Å². The summed E-state index contributed by atoms with van der Waals surface area (Å²) in [6.45, 7) is 10.2. The highest BCUT2D eigenvalue weighted by atomic mass is 16.5. The summed E-state index contributed by atoms with van der Waals surface area (Å²) in [7, 11) is 1.82. The van der Waals surface area contributed by atoms with Crippen LogP contribution in [0.15, 0.2) is 0 Å². The first kappa shape index (κ1) is 10.0. The third kappa shape index (κ3) is 2.46. The molecule has 0 spiro atoms. The molecule has 0 aromatic carbocycles. The third-order valence-corrected chi connectivity index (χ3v) is 2.63. The lowest BCUT2D eigenvalue weighted by atomic mass is 10.1. The Morgan fingerprint density at radius 2 is 2.17 bits per heavy atom. The molecule has 72 valence electrons. The lowest BCUT2D eigenvalue weighted by molar-refractivity contribution is 0.0141. The molecule has 0 aliphatic carbocycles. The van der Waals surface area contributed by atoms with Crippen molar-refractivity contribution in [2.45, 2.75) is 32.8 Å². The average Bonchev–Trinajstić information content (AvgIpc) is 2.32. The van der Waals surface area contributed by atoms with Gasteiger partial charge in [-0.15, -0.1) is 0 Å². The Kier molecular flexibility index (Phi) is 3.13. The zero-order valence-corrected chi connectivity index (χ0v) is 8.76. The van der Waals surface area contributed by atoms with Crippen molar-refractivity contribution >= 4 is 0 Å². The quantitative estimate of drug-likeness (QED) is 0.641. The van der Waals surface area contributed by atoms with E-state index in [2.05, 4.69) is 25.7 Å². The van der Waals surface area contributed by atoms with E-state index in [4.69, 9.17) is 4.74 Å². The van der Waals surface area contributed by atoms with Crippen LogP contribution in [0.1, 0.15) is 27.2 Å². The average molecular weight is 171 g/mol. The molecule has 0 N–H and O–H groups in total. The summed E-state index contributed by atoms with van der Waals surface area (Å²) in [5.41, 5.74) is 0.120. The predicted octanol–water partition coefficient (Wildman–Crippen LogP) is 1.75. The molecule has 0 aromatic rings. The summed E-state index contributed by atoms with van der Waals surface area (Å²) in [6, 6.07) is 0. The second kappa shape index (κ2) is 3.75. The maximum Gasteiger partial charge on any atom is 0.0789 e. The van der Waals surface area contributed by atoms with E-state index in [-0.39, 0.29) is 5.60 Å². The molecule has 0 saturated carbocycles. The summed E-state index contributed by atoms with van der Waals surface area (Å²) in [5, 5.41) is 0. The molecule has 0 aromatic heterocycles. The molecule has 1 aliphatic rings. The normalized spacial score (nSPS) is 31.8. The highest BCUT2D eigenvalue weighted by molar-refractivity contribution is 4.87. The Balaban J connectivity index is 2.35. The van der Waals surface area contributed by atoms with Gasteiger partial charge in [0.05, 0.1) is 5.60 Å². The van der Waals surface area contributed by atoms with E-state index < -0.39 is 0 Å². The number of likely N-dealkylation sites (tertiary alicyclic amines) is 1. The molecule has 1 saturated heterocycles. The van der Waals surface area contributed by atoms with Gasteiger partial charge in [-0.05, 0) is 19.3 Å². The lowest BCUT2D eigenvalue weighted by Crippen LogP contribution is -2.33. The van der Waals surface area contributed by atoms with Gasteiger partial charge in [0.15, 0.2) is 0 Å². The number of ether oxygens (including phenoxy) is 1. The molecule has 12 heavy (non-hydrogen) atoms. The summed E-state index contributed by atoms with van der Waals surface area (Å²) < 4.78 is 5.47. The van der Waals surface area contributed by atoms with Gasteiger partial charge in [-0.2, -0.15) is 0 Å². The van der Waals surface area contributed by atoms with Gasteiger partial charge >= 0.3 is 0 Å². The second-order valence-corrected chi connectivity index (χ2v) is 4.53. The molecule has 0 radical (unpaired) electrons. The zero-order valence-electron chi connectivity index (χ0n) is 8.76. The fourth-order valence-corrected chi connectivity index (χ4v) is 1.86. The Bertz CT molecular complexity index is 147. The highest BCUT2D eigenvalue weighted by Gasteiger charge is 2.33. The van der Waals surface area contributed by atoms with Crippen LogP contribution < -0.4 is 0 Å². The number of rotatable bonds is 3. The molecule has 1 heterocycles. The van der Waals surface area contributed by atoms with Crippen LogP contribution in [-0.2, 0) is 4.74 Å². The van der Waals surface area contributed by atoms with Crippen LogP contribution >= 0.6 is 0 Å². The largest absolute Gasteiger partial charge is 0.377 e. The second-order valence-electron chi connectivity index (χ2n) is 4.53. The van der Waals surface area contributed by atoms with Crippen molar-refractivity contribution in [3.63, 3.8) is 0 Å². The standard InChI is InChI=1S/C10H21NO/c1-9(2)7-11-6-5-10(3,8-11)12-4/h9H,5-8H2,1-4H3. The van der Waals surface area contributed by atoms with E-state index in [1.165, 1.54) is 19.5 Å². The Morgan fingerprint density at radius 3 is 2.58 bits per heavy atom. The number of nitrogens with zero attached hydrogens (tertiary/aromatic N) is 1. The smallest absolute Gasteiger partial charge is 0.0789 e. The van der Waals surface area contributed by atoms with E-state index in [1.54, 1.807) is 0 Å². The third-order valence-electron chi connectivity index (χ3n) is 2.63. The summed E-state index contributed by atoms with van der Waals surface area (Å²) in [5.74, 6) is 0.768. The lowest BCUT2D eigenvalue weighted by Gasteiger charge is -2.23. The van der Waals surface area contributed by atoms with Crippen LogP contribution in [-0.4, -0.2) is 37.2 Å². The molecule has 1 atom stereocenters. The SMILES string of the molecule is COC1(C)CCN(CC(C)C)C1. The molecule has 1 unspecified atom stereocenters. The fourth-order valence-electron chi connectivity index (χ4n) is 1.86. The minimum Gasteiger partial charge on any atom is -0.377 e. The Labute approximate surface area is 75.9 Å². The van der Waals surface area contributed by atoms with Gasteiger partial charge in [0.2, 0.25) is 0 Å². The summed E-state index contributed by atoms with van der Waals surface area (Å²) >= 11 is 0. The van der Waals surface area contributed by atoms with Gasteiger partial charge in [-0.1, -0.05) is 13.8 Å². The first-order chi connectivity index (χ1) is 5.56. The molecule has 2 heteroatoms. The van der Waals surface area contributed by atoms with E-state index >= 15 is 0 Å². The van der Waals surface area contributed by atoms with Crippen molar-refractivity contribution in [1.82, 2.24) is 4.90 Å². The molecule has 2 nitrogen and oxygen atoms in total. The maximum absolute atomic E-state index is 5.47. The molecular formula is C10H21NO. The summed E-state index contributed by atoms with van der Waals surface area (Å²) in [6.07, 6.45) is 1.18. The van der Waals surface area contributed by atoms with Crippen LogP contribution in [0.3, 0.4) is 0 Å². The van der Waals surface area contributed by atoms with E-state index in [0.717, 1.165) is 12.5 Å². The van der Waals surface area contributed by atoms with Crippen molar-refractivity contribution in [2.75, 3.05) is 26.7 Å². The number of hydrogen-bond acceptors (Lipinski definition) is 2. The number of methoxy groups -OCH3 is 1. The van der Waals surface area contributed by atoms with Crippen LogP contribution in [0, 0.1) is 5.92 Å². The topological polar surface area (TPSA) is 12.5 Å². The maximum atomic E-state index is 5.47. The monoisotopic (exact) mass is 171 g/mol. The van der Waals surface area contributed by atoms with Crippen molar-refractivity contribution in [3.05, 3.63) is 0 Å². The van der Waals surface area contributed by atoms with E-state index in [0.29, 0.717) is 0 Å². The molecule has 1 aliphatic heterocycles. The van der Waals surface area contributed by atoms with Gasteiger partial charge in [0.1, 0.15) is 0 Å². The van der Waals surface area contributed by atoms with Crippen molar-refractivity contribution in [1.29, 1.82) is 0 Å². The first-order valence-electron chi connectivity index (χ1n) is 4.83. The molecule has 1 fully saturated rings. The van der Waals surface area contributed by atoms with Gasteiger partial charge in [0.25, 0.3) is 0 Å². The Morgan fingerprint density at radius 1 is 1.50 bits per heavy atom. The van der Waals surface area contributed by atoms with Crippen molar-refractivity contribution in [2.24, 2.45) is 5.92 Å². The minimum absolute atomic E-state index is 0.120. The predicted molar refractivity (Wildman–Crippen MR) is 51.3 cm³/mol. The number of hydrogen-bond donors (Lipinski definition) is 0. The van der Waals surface area contributed by atoms with Crippen LogP contribution in [0.2, 0.25) is 0 Å². The zero-order chi connectivity index (χ0) is 9.19. The molecule has 0 bridgehead atoms. The Hall–Kier alpha value is -0.0800. The molecular weight excluding hydrogens is 150 g/mol. The fraction of sp³-hybridized carbons (Fsp3) is 1.00. The van der Waals surface area contributed by atoms with E-state index in [1.807, 2.05) is 7.11 Å².